The lowest BCUT2D eigenvalue weighted by Crippen LogP contribution is -2.46. The summed E-state index contributed by atoms with van der Waals surface area (Å²) >= 11 is 0. The van der Waals surface area contributed by atoms with E-state index in [1.54, 1.807) is 0 Å². The summed E-state index contributed by atoms with van der Waals surface area (Å²) in [5.41, 5.74) is 1.74. The molecule has 0 radical (unpaired) electrons. The zero-order valence-electron chi connectivity index (χ0n) is 15.1. The number of hydrogen-bond donors (Lipinski definition) is 2. The van der Waals surface area contributed by atoms with Crippen LogP contribution in [0, 0.1) is 5.92 Å². The van der Waals surface area contributed by atoms with Gasteiger partial charge in [-0.15, -0.1) is 0 Å². The molecule has 1 aliphatic rings. The van der Waals surface area contributed by atoms with Crippen LogP contribution in [0.1, 0.15) is 83.6 Å². The van der Waals surface area contributed by atoms with Crippen LogP contribution in [-0.4, -0.2) is 10.8 Å². The highest BCUT2D eigenvalue weighted by atomic mass is 16.3. The first-order valence-electron chi connectivity index (χ1n) is 9.73. The number of aliphatic hydroxyl groups is 1. The van der Waals surface area contributed by atoms with E-state index in [1.165, 1.54) is 56.9 Å². The summed E-state index contributed by atoms with van der Waals surface area (Å²) in [5, 5.41) is 14.2. The number of nitrogens with one attached hydrogen (secondary N) is 1. The van der Waals surface area contributed by atoms with Crippen molar-refractivity contribution in [3.05, 3.63) is 29.8 Å². The first-order valence-corrected chi connectivity index (χ1v) is 9.73. The maximum Gasteiger partial charge on any atom is 0.138 e. The number of hydrogen-bond acceptors (Lipinski definition) is 2. The smallest absolute Gasteiger partial charge is 0.138 e. The number of aryl methyl sites for hydroxylation is 1. The van der Waals surface area contributed by atoms with Crippen LogP contribution in [0.3, 0.4) is 0 Å². The fourth-order valence-corrected chi connectivity index (χ4v) is 3.63. The second-order valence-corrected chi connectivity index (χ2v) is 7.41. The molecule has 2 nitrogen and oxygen atoms in total. The third kappa shape index (κ3) is 5.84. The molecule has 0 bridgehead atoms. The lowest BCUT2D eigenvalue weighted by molar-refractivity contribution is -0.0151. The van der Waals surface area contributed by atoms with E-state index in [9.17, 15) is 5.11 Å². The van der Waals surface area contributed by atoms with Crippen molar-refractivity contribution in [2.24, 2.45) is 5.92 Å². The van der Waals surface area contributed by atoms with Crippen molar-refractivity contribution in [2.75, 3.05) is 5.32 Å². The third-order valence-electron chi connectivity index (χ3n) is 5.39. The molecule has 1 aliphatic carbocycles. The van der Waals surface area contributed by atoms with E-state index in [0.717, 1.165) is 24.9 Å². The molecule has 1 aromatic carbocycles. The summed E-state index contributed by atoms with van der Waals surface area (Å²) in [6.45, 7) is 4.42. The number of rotatable bonds is 9. The van der Waals surface area contributed by atoms with Crippen LogP contribution in [0.2, 0.25) is 0 Å². The van der Waals surface area contributed by atoms with Gasteiger partial charge in [0.05, 0.1) is 0 Å². The SMILES string of the molecule is CCCCCCCCc1ccc(N[C@]2(O)CCCC[C@@H]2C)cc1. The Morgan fingerprint density at radius 3 is 2.43 bits per heavy atom. The minimum atomic E-state index is -0.723. The van der Waals surface area contributed by atoms with Crippen LogP contribution in [0.4, 0.5) is 5.69 Å². The number of benzene rings is 1. The van der Waals surface area contributed by atoms with Crippen LogP contribution in [-0.2, 0) is 6.42 Å². The normalized spacial score (nSPS) is 24.6. The van der Waals surface area contributed by atoms with Gasteiger partial charge in [-0.25, -0.2) is 0 Å². The van der Waals surface area contributed by atoms with Gasteiger partial charge in [0.25, 0.3) is 0 Å². The zero-order chi connectivity index (χ0) is 16.5. The average molecular weight is 318 g/mol. The summed E-state index contributed by atoms with van der Waals surface area (Å²) in [6.07, 6.45) is 13.6. The van der Waals surface area contributed by atoms with E-state index in [1.807, 2.05) is 0 Å². The van der Waals surface area contributed by atoms with Gasteiger partial charge >= 0.3 is 0 Å². The van der Waals surface area contributed by atoms with Gasteiger partial charge in [0.15, 0.2) is 0 Å². The molecular weight excluding hydrogens is 282 g/mol. The molecule has 0 spiro atoms. The summed E-state index contributed by atoms with van der Waals surface area (Å²) in [5.74, 6) is 0.319. The lowest BCUT2D eigenvalue weighted by Gasteiger charge is -2.39. The van der Waals surface area contributed by atoms with Crippen LogP contribution in [0.15, 0.2) is 24.3 Å². The molecule has 0 aromatic heterocycles. The second kappa shape index (κ2) is 9.32. The molecular formula is C21H35NO. The maximum absolute atomic E-state index is 10.8. The molecule has 1 aromatic rings. The Labute approximate surface area is 142 Å². The van der Waals surface area contributed by atoms with Crippen molar-refractivity contribution < 1.29 is 5.11 Å². The topological polar surface area (TPSA) is 32.3 Å². The van der Waals surface area contributed by atoms with Gasteiger partial charge in [-0.1, -0.05) is 64.5 Å². The Balaban J connectivity index is 1.76. The highest BCUT2D eigenvalue weighted by Crippen LogP contribution is 2.34. The first-order chi connectivity index (χ1) is 11.1. The molecule has 0 aliphatic heterocycles. The van der Waals surface area contributed by atoms with Gasteiger partial charge in [0.2, 0.25) is 0 Å². The van der Waals surface area contributed by atoms with Gasteiger partial charge in [-0.2, -0.15) is 0 Å². The zero-order valence-corrected chi connectivity index (χ0v) is 15.1. The molecule has 2 atom stereocenters. The summed E-state index contributed by atoms with van der Waals surface area (Å²) in [6, 6.07) is 8.69. The summed E-state index contributed by atoms with van der Waals surface area (Å²) in [7, 11) is 0. The Kier molecular flexibility index (Phi) is 7.42. The predicted molar refractivity (Wildman–Crippen MR) is 99.7 cm³/mol. The van der Waals surface area contributed by atoms with Crippen molar-refractivity contribution in [3.63, 3.8) is 0 Å². The predicted octanol–water partition coefficient (Wildman–Crippen LogP) is 5.90. The molecule has 0 amide bonds. The summed E-state index contributed by atoms with van der Waals surface area (Å²) in [4.78, 5) is 0. The van der Waals surface area contributed by atoms with Crippen molar-refractivity contribution in [3.8, 4) is 0 Å². The molecule has 0 saturated heterocycles. The Bertz CT molecular complexity index is 442. The maximum atomic E-state index is 10.8. The van der Waals surface area contributed by atoms with Crippen molar-refractivity contribution in [2.45, 2.75) is 90.2 Å². The Morgan fingerprint density at radius 1 is 1.04 bits per heavy atom. The summed E-state index contributed by atoms with van der Waals surface area (Å²) < 4.78 is 0. The fourth-order valence-electron chi connectivity index (χ4n) is 3.63. The highest BCUT2D eigenvalue weighted by Gasteiger charge is 2.35. The molecule has 2 rings (SSSR count). The Hall–Kier alpha value is -1.02. The monoisotopic (exact) mass is 317 g/mol. The first kappa shape index (κ1) is 18.3. The van der Waals surface area contributed by atoms with Crippen molar-refractivity contribution in [1.82, 2.24) is 0 Å². The van der Waals surface area contributed by atoms with E-state index < -0.39 is 5.72 Å². The number of anilines is 1. The fraction of sp³-hybridized carbons (Fsp3) is 0.714. The van der Waals surface area contributed by atoms with E-state index in [4.69, 9.17) is 0 Å². The molecule has 0 heterocycles. The molecule has 1 fully saturated rings. The lowest BCUT2D eigenvalue weighted by atomic mass is 9.82. The van der Waals surface area contributed by atoms with Crippen LogP contribution < -0.4 is 5.32 Å². The average Bonchev–Trinajstić information content (AvgIpc) is 2.55. The Morgan fingerprint density at radius 2 is 1.74 bits per heavy atom. The van der Waals surface area contributed by atoms with Gasteiger partial charge in [-0.05, 0) is 49.8 Å². The van der Waals surface area contributed by atoms with Crippen molar-refractivity contribution >= 4 is 5.69 Å². The van der Waals surface area contributed by atoms with E-state index in [2.05, 4.69) is 43.4 Å². The van der Waals surface area contributed by atoms with E-state index in [0.29, 0.717) is 5.92 Å². The van der Waals surface area contributed by atoms with Gasteiger partial charge < -0.3 is 10.4 Å². The molecule has 1 saturated carbocycles. The quantitative estimate of drug-likeness (QED) is 0.439. The minimum absolute atomic E-state index is 0.319. The van der Waals surface area contributed by atoms with E-state index in [-0.39, 0.29) is 0 Å². The number of unbranched alkanes of at least 4 members (excludes halogenated alkanes) is 5. The van der Waals surface area contributed by atoms with Crippen LogP contribution in [0.25, 0.3) is 0 Å². The largest absolute Gasteiger partial charge is 0.371 e. The molecule has 23 heavy (non-hydrogen) atoms. The second-order valence-electron chi connectivity index (χ2n) is 7.41. The van der Waals surface area contributed by atoms with Gasteiger partial charge in [0, 0.05) is 11.6 Å². The van der Waals surface area contributed by atoms with Crippen LogP contribution >= 0.6 is 0 Å². The van der Waals surface area contributed by atoms with Crippen LogP contribution in [0.5, 0.6) is 0 Å². The molecule has 0 unspecified atom stereocenters. The highest BCUT2D eigenvalue weighted by molar-refractivity contribution is 5.46. The van der Waals surface area contributed by atoms with Gasteiger partial charge in [-0.3, -0.25) is 0 Å². The molecule has 130 valence electrons. The van der Waals surface area contributed by atoms with Crippen molar-refractivity contribution in [1.29, 1.82) is 0 Å². The van der Waals surface area contributed by atoms with E-state index >= 15 is 0 Å². The molecule has 2 N–H and O–H groups in total. The third-order valence-corrected chi connectivity index (χ3v) is 5.39. The molecule has 2 heteroatoms. The van der Waals surface area contributed by atoms with Gasteiger partial charge in [0.1, 0.15) is 5.72 Å². The minimum Gasteiger partial charge on any atom is -0.371 e. The standard InChI is InChI=1S/C21H35NO/c1-3-4-5-6-7-8-12-19-13-15-20(16-14-19)22-21(23)17-10-9-11-18(21)2/h13-16,18,22-23H,3-12,17H2,1-2H3/t18-,21-/m0/s1.